The Morgan fingerprint density at radius 2 is 1.81 bits per heavy atom. The standard InChI is InChI=1S/C18H14N4O4S/c23-16-12-4-1-2-5-13(12)17(24)21(16)8-3-9-27-18-19-14-7-6-11(22(25)26)10-15(14)20-18/h1-2,4-7,10H,3,8-9H2,(H,19,20). The molecule has 0 saturated carbocycles. The molecule has 2 amide bonds. The largest absolute Gasteiger partial charge is 0.333 e. The van der Waals surface area contributed by atoms with Crippen LogP contribution in [0.2, 0.25) is 0 Å². The first-order valence-corrected chi connectivity index (χ1v) is 9.25. The van der Waals surface area contributed by atoms with Crippen molar-refractivity contribution in [3.63, 3.8) is 0 Å². The van der Waals surface area contributed by atoms with Crippen LogP contribution in [0.5, 0.6) is 0 Å². The van der Waals surface area contributed by atoms with Gasteiger partial charge in [-0.25, -0.2) is 4.98 Å². The number of aromatic amines is 1. The van der Waals surface area contributed by atoms with E-state index in [1.165, 1.54) is 28.8 Å². The molecule has 0 radical (unpaired) electrons. The number of carbonyl (C=O) groups excluding carboxylic acids is 2. The fourth-order valence-electron chi connectivity index (χ4n) is 2.99. The third kappa shape index (κ3) is 3.17. The minimum absolute atomic E-state index is 0.00771. The Morgan fingerprint density at radius 3 is 2.48 bits per heavy atom. The summed E-state index contributed by atoms with van der Waals surface area (Å²) < 4.78 is 0. The number of aromatic nitrogens is 2. The lowest BCUT2D eigenvalue weighted by Crippen LogP contribution is -2.30. The molecule has 0 atom stereocenters. The monoisotopic (exact) mass is 382 g/mol. The first kappa shape index (κ1) is 17.2. The Hall–Kier alpha value is -3.20. The zero-order valence-corrected chi connectivity index (χ0v) is 14.9. The molecule has 0 fully saturated rings. The molecule has 0 unspecified atom stereocenters. The Balaban J connectivity index is 1.36. The molecular weight excluding hydrogens is 368 g/mol. The normalized spacial score (nSPS) is 13.4. The van der Waals surface area contributed by atoms with Crippen molar-refractivity contribution in [1.29, 1.82) is 0 Å². The number of non-ortho nitro benzene ring substituents is 1. The van der Waals surface area contributed by atoms with Crippen molar-refractivity contribution in [3.8, 4) is 0 Å². The predicted molar refractivity (Wildman–Crippen MR) is 99.9 cm³/mol. The van der Waals surface area contributed by atoms with Crippen LogP contribution in [0.3, 0.4) is 0 Å². The van der Waals surface area contributed by atoms with Gasteiger partial charge in [0.05, 0.1) is 27.1 Å². The number of imide groups is 1. The summed E-state index contributed by atoms with van der Waals surface area (Å²) in [4.78, 5) is 43.7. The van der Waals surface area contributed by atoms with E-state index in [1.54, 1.807) is 30.3 Å². The summed E-state index contributed by atoms with van der Waals surface area (Å²) in [6.07, 6.45) is 0.618. The molecule has 1 N–H and O–H groups in total. The molecule has 0 aliphatic carbocycles. The topological polar surface area (TPSA) is 109 Å². The number of fused-ring (bicyclic) bond motifs is 2. The molecule has 3 aromatic rings. The van der Waals surface area contributed by atoms with E-state index < -0.39 is 4.92 Å². The van der Waals surface area contributed by atoms with Crippen LogP contribution >= 0.6 is 11.8 Å². The highest BCUT2D eigenvalue weighted by Gasteiger charge is 2.34. The van der Waals surface area contributed by atoms with Crippen molar-refractivity contribution in [2.75, 3.05) is 12.3 Å². The second kappa shape index (κ2) is 6.84. The number of hydrogen-bond acceptors (Lipinski definition) is 6. The van der Waals surface area contributed by atoms with Gasteiger partial charge in [0.2, 0.25) is 0 Å². The second-order valence-electron chi connectivity index (χ2n) is 6.01. The lowest BCUT2D eigenvalue weighted by atomic mass is 10.1. The van der Waals surface area contributed by atoms with E-state index in [4.69, 9.17) is 0 Å². The van der Waals surface area contributed by atoms with Crippen LogP contribution in [0.25, 0.3) is 11.0 Å². The summed E-state index contributed by atoms with van der Waals surface area (Å²) in [7, 11) is 0. The van der Waals surface area contributed by atoms with E-state index in [2.05, 4.69) is 9.97 Å². The summed E-state index contributed by atoms with van der Waals surface area (Å²) in [6, 6.07) is 11.3. The maximum absolute atomic E-state index is 12.3. The van der Waals surface area contributed by atoms with Gasteiger partial charge in [0.15, 0.2) is 5.16 Å². The number of amides is 2. The van der Waals surface area contributed by atoms with Gasteiger partial charge in [0, 0.05) is 24.4 Å². The smallest absolute Gasteiger partial charge is 0.271 e. The number of nitro benzene ring substituents is 1. The Morgan fingerprint density at radius 1 is 1.11 bits per heavy atom. The van der Waals surface area contributed by atoms with Gasteiger partial charge in [-0.15, -0.1) is 0 Å². The zero-order valence-electron chi connectivity index (χ0n) is 14.0. The third-order valence-corrected chi connectivity index (χ3v) is 5.26. The molecule has 136 valence electrons. The fourth-order valence-corrected chi connectivity index (χ4v) is 3.80. The number of nitrogens with zero attached hydrogens (tertiary/aromatic N) is 3. The van der Waals surface area contributed by atoms with Gasteiger partial charge in [0.1, 0.15) is 0 Å². The van der Waals surface area contributed by atoms with Gasteiger partial charge in [-0.1, -0.05) is 23.9 Å². The van der Waals surface area contributed by atoms with Crippen LogP contribution in [0.4, 0.5) is 5.69 Å². The molecule has 8 nitrogen and oxygen atoms in total. The van der Waals surface area contributed by atoms with Crippen LogP contribution in [-0.2, 0) is 0 Å². The van der Waals surface area contributed by atoms with Crippen LogP contribution < -0.4 is 0 Å². The van der Waals surface area contributed by atoms with Gasteiger partial charge < -0.3 is 4.98 Å². The second-order valence-corrected chi connectivity index (χ2v) is 7.09. The summed E-state index contributed by atoms with van der Waals surface area (Å²) >= 11 is 1.44. The van der Waals surface area contributed by atoms with Gasteiger partial charge >= 0.3 is 0 Å². The number of carbonyl (C=O) groups is 2. The first-order valence-electron chi connectivity index (χ1n) is 8.27. The van der Waals surface area contributed by atoms with E-state index in [0.717, 1.165) is 0 Å². The molecule has 27 heavy (non-hydrogen) atoms. The summed E-state index contributed by atoms with van der Waals surface area (Å²) in [5.74, 6) is 0.142. The third-order valence-electron chi connectivity index (χ3n) is 4.30. The van der Waals surface area contributed by atoms with E-state index in [1.807, 2.05) is 0 Å². The average Bonchev–Trinajstić information content (AvgIpc) is 3.18. The lowest BCUT2D eigenvalue weighted by molar-refractivity contribution is -0.384. The summed E-state index contributed by atoms with van der Waals surface area (Å²) in [5, 5.41) is 11.5. The minimum Gasteiger partial charge on any atom is -0.333 e. The van der Waals surface area contributed by atoms with E-state index in [9.17, 15) is 19.7 Å². The van der Waals surface area contributed by atoms with Crippen molar-refractivity contribution in [3.05, 3.63) is 63.7 Å². The van der Waals surface area contributed by atoms with Crippen molar-refractivity contribution < 1.29 is 14.5 Å². The Kier molecular flexibility index (Phi) is 4.36. The van der Waals surface area contributed by atoms with Crippen LogP contribution in [0.15, 0.2) is 47.6 Å². The molecule has 0 bridgehead atoms. The molecule has 1 aliphatic heterocycles. The van der Waals surface area contributed by atoms with Gasteiger partial charge in [-0.3, -0.25) is 24.6 Å². The molecule has 4 rings (SSSR count). The Bertz CT molecular complexity index is 1040. The van der Waals surface area contributed by atoms with Gasteiger partial charge in [0.25, 0.3) is 17.5 Å². The number of hydrogen-bond donors (Lipinski definition) is 1. The number of H-pyrrole nitrogens is 1. The molecule has 2 heterocycles. The average molecular weight is 382 g/mol. The van der Waals surface area contributed by atoms with Gasteiger partial charge in [-0.05, 0) is 24.6 Å². The lowest BCUT2D eigenvalue weighted by Gasteiger charge is -2.12. The first-order chi connectivity index (χ1) is 13.0. The van der Waals surface area contributed by atoms with Crippen molar-refractivity contribution in [1.82, 2.24) is 14.9 Å². The molecule has 2 aromatic carbocycles. The molecule has 1 aromatic heterocycles. The van der Waals surface area contributed by atoms with Crippen molar-refractivity contribution >= 4 is 40.3 Å². The van der Waals surface area contributed by atoms with E-state index >= 15 is 0 Å². The van der Waals surface area contributed by atoms with Crippen LogP contribution in [0.1, 0.15) is 27.1 Å². The number of benzene rings is 2. The zero-order chi connectivity index (χ0) is 19.0. The number of nitro groups is 1. The minimum atomic E-state index is -0.449. The maximum atomic E-state index is 12.3. The van der Waals surface area contributed by atoms with Crippen molar-refractivity contribution in [2.24, 2.45) is 0 Å². The number of nitrogens with one attached hydrogen (secondary N) is 1. The summed E-state index contributed by atoms with van der Waals surface area (Å²) in [6.45, 7) is 0.338. The molecule has 9 heteroatoms. The van der Waals surface area contributed by atoms with E-state index in [0.29, 0.717) is 46.0 Å². The maximum Gasteiger partial charge on any atom is 0.271 e. The Labute approximate surface area is 157 Å². The highest BCUT2D eigenvalue weighted by molar-refractivity contribution is 7.99. The SMILES string of the molecule is O=C1c2ccccc2C(=O)N1CCCSc1nc2ccc([N+](=O)[O-])cc2[nH]1. The molecular formula is C18H14N4O4S. The van der Waals surface area contributed by atoms with Crippen LogP contribution in [0, 0.1) is 10.1 Å². The van der Waals surface area contributed by atoms with Crippen LogP contribution in [-0.4, -0.2) is 43.9 Å². The van der Waals surface area contributed by atoms with E-state index in [-0.39, 0.29) is 17.5 Å². The summed E-state index contributed by atoms with van der Waals surface area (Å²) in [5.41, 5.74) is 2.17. The fraction of sp³-hybridized carbons (Fsp3) is 0.167. The predicted octanol–water partition coefficient (Wildman–Crippen LogP) is 3.25. The molecule has 1 aliphatic rings. The highest BCUT2D eigenvalue weighted by Crippen LogP contribution is 2.25. The van der Waals surface area contributed by atoms with Crippen molar-refractivity contribution in [2.45, 2.75) is 11.6 Å². The number of thioether (sulfide) groups is 1. The quantitative estimate of drug-likeness (QED) is 0.230. The van der Waals surface area contributed by atoms with Gasteiger partial charge in [-0.2, -0.15) is 0 Å². The highest BCUT2D eigenvalue weighted by atomic mass is 32.2. The number of imidazole rings is 1. The molecule has 0 saturated heterocycles. The molecule has 0 spiro atoms. The number of rotatable bonds is 6.